The number of aromatic nitrogens is 1. The first-order chi connectivity index (χ1) is 8.38. The molecule has 1 aromatic heterocycles. The second-order valence-corrected chi connectivity index (χ2v) is 3.73. The summed E-state index contributed by atoms with van der Waals surface area (Å²) in [6, 6.07) is 7.47. The van der Waals surface area contributed by atoms with Gasteiger partial charge in [0, 0.05) is 5.69 Å². The highest BCUT2D eigenvalue weighted by molar-refractivity contribution is 5.60. The number of halogens is 3. The topological polar surface area (TPSA) is 58.9 Å². The summed E-state index contributed by atoms with van der Waals surface area (Å²) in [6.45, 7) is 0. The van der Waals surface area contributed by atoms with Crippen LogP contribution in [0.1, 0.15) is 5.56 Å². The first-order valence-electron chi connectivity index (χ1n) is 5.04. The van der Waals surface area contributed by atoms with E-state index in [0.717, 1.165) is 12.1 Å². The van der Waals surface area contributed by atoms with Crippen molar-refractivity contribution in [2.75, 3.05) is 5.73 Å². The third-order valence-corrected chi connectivity index (χ3v) is 2.46. The molecule has 0 bridgehead atoms. The van der Waals surface area contributed by atoms with Crippen molar-refractivity contribution in [1.82, 2.24) is 4.98 Å². The fraction of sp³-hybridized carbons (Fsp3) is 0.0833. The molecule has 0 amide bonds. The quantitative estimate of drug-likeness (QED) is 0.821. The lowest BCUT2D eigenvalue weighted by Gasteiger charge is -2.07. The predicted octanol–water partition coefficient (Wildman–Crippen LogP) is 2.64. The summed E-state index contributed by atoms with van der Waals surface area (Å²) in [6.07, 6.45) is -4.37. The van der Waals surface area contributed by atoms with Gasteiger partial charge in [-0.3, -0.25) is 4.79 Å². The Balaban J connectivity index is 2.40. The lowest BCUT2D eigenvalue weighted by Crippen LogP contribution is -2.11. The van der Waals surface area contributed by atoms with E-state index in [1.807, 2.05) is 0 Å². The van der Waals surface area contributed by atoms with Crippen LogP contribution in [0.3, 0.4) is 0 Å². The summed E-state index contributed by atoms with van der Waals surface area (Å²) < 4.78 is 37.1. The summed E-state index contributed by atoms with van der Waals surface area (Å²) in [5.41, 5.74) is 5.12. The van der Waals surface area contributed by atoms with Crippen molar-refractivity contribution in [3.63, 3.8) is 0 Å². The van der Waals surface area contributed by atoms with Crippen LogP contribution in [0.15, 0.2) is 41.2 Å². The molecule has 18 heavy (non-hydrogen) atoms. The van der Waals surface area contributed by atoms with Crippen molar-refractivity contribution in [3.8, 4) is 11.3 Å². The molecule has 0 fully saturated rings. The van der Waals surface area contributed by atoms with Crippen molar-refractivity contribution in [1.29, 1.82) is 0 Å². The average Bonchev–Trinajstić information content (AvgIpc) is 2.32. The number of nitrogens with one attached hydrogen (secondary N) is 1. The van der Waals surface area contributed by atoms with E-state index < -0.39 is 17.3 Å². The highest BCUT2D eigenvalue weighted by Crippen LogP contribution is 2.30. The van der Waals surface area contributed by atoms with E-state index in [4.69, 9.17) is 5.73 Å². The Kier molecular flexibility index (Phi) is 2.86. The maximum Gasteiger partial charge on any atom is 0.416 e. The molecule has 0 aliphatic heterocycles. The fourth-order valence-electron chi connectivity index (χ4n) is 1.49. The van der Waals surface area contributed by atoms with Gasteiger partial charge in [-0.15, -0.1) is 0 Å². The SMILES string of the molecule is Nc1ccc(-c2ccc(C(F)(F)F)cc2)[nH]c1=O. The molecule has 0 aliphatic rings. The molecule has 2 aromatic rings. The van der Waals surface area contributed by atoms with Crippen LogP contribution in [0.4, 0.5) is 18.9 Å². The average molecular weight is 254 g/mol. The van der Waals surface area contributed by atoms with Crippen LogP contribution in [-0.4, -0.2) is 4.98 Å². The standard InChI is InChI=1S/C12H9F3N2O/c13-12(14,15)8-3-1-7(2-4-8)10-6-5-9(16)11(18)17-10/h1-6H,16H2,(H,17,18). The largest absolute Gasteiger partial charge is 0.416 e. The number of nitrogens with two attached hydrogens (primary N) is 1. The minimum atomic E-state index is -4.37. The molecule has 0 unspecified atom stereocenters. The Labute approximate surface area is 100 Å². The van der Waals surface area contributed by atoms with Gasteiger partial charge in [0.25, 0.3) is 5.56 Å². The number of hydrogen-bond donors (Lipinski definition) is 2. The van der Waals surface area contributed by atoms with Gasteiger partial charge < -0.3 is 10.7 Å². The van der Waals surface area contributed by atoms with Gasteiger partial charge in [-0.1, -0.05) is 12.1 Å². The lowest BCUT2D eigenvalue weighted by molar-refractivity contribution is -0.137. The van der Waals surface area contributed by atoms with E-state index in [9.17, 15) is 18.0 Å². The number of pyridine rings is 1. The zero-order chi connectivity index (χ0) is 13.3. The Hall–Kier alpha value is -2.24. The lowest BCUT2D eigenvalue weighted by atomic mass is 10.1. The summed E-state index contributed by atoms with van der Waals surface area (Å²) in [4.78, 5) is 13.8. The molecule has 0 saturated heterocycles. The maximum absolute atomic E-state index is 12.4. The monoisotopic (exact) mass is 254 g/mol. The third-order valence-electron chi connectivity index (χ3n) is 2.46. The third kappa shape index (κ3) is 2.37. The first-order valence-corrected chi connectivity index (χ1v) is 5.04. The molecule has 2 rings (SSSR count). The molecular weight excluding hydrogens is 245 g/mol. The van der Waals surface area contributed by atoms with Gasteiger partial charge in [0.05, 0.1) is 11.3 Å². The highest BCUT2D eigenvalue weighted by Gasteiger charge is 2.29. The van der Waals surface area contributed by atoms with Gasteiger partial charge in [-0.25, -0.2) is 0 Å². The van der Waals surface area contributed by atoms with Gasteiger partial charge in [-0.2, -0.15) is 13.2 Å². The van der Waals surface area contributed by atoms with Crippen LogP contribution in [0, 0.1) is 0 Å². The molecule has 1 aromatic carbocycles. The summed E-state index contributed by atoms with van der Waals surface area (Å²) in [5, 5.41) is 0. The van der Waals surface area contributed by atoms with Crippen LogP contribution in [-0.2, 0) is 6.18 Å². The van der Waals surface area contributed by atoms with Gasteiger partial charge in [0.1, 0.15) is 0 Å². The zero-order valence-electron chi connectivity index (χ0n) is 9.08. The highest BCUT2D eigenvalue weighted by atomic mass is 19.4. The second-order valence-electron chi connectivity index (χ2n) is 3.73. The molecule has 3 nitrogen and oxygen atoms in total. The van der Waals surface area contributed by atoms with Crippen molar-refractivity contribution in [3.05, 3.63) is 52.3 Å². The molecule has 3 N–H and O–H groups in total. The number of H-pyrrole nitrogens is 1. The van der Waals surface area contributed by atoms with Crippen molar-refractivity contribution in [2.24, 2.45) is 0 Å². The molecule has 0 saturated carbocycles. The minimum absolute atomic E-state index is 0.0608. The summed E-state index contributed by atoms with van der Waals surface area (Å²) in [7, 11) is 0. The van der Waals surface area contributed by atoms with Crippen molar-refractivity contribution in [2.45, 2.75) is 6.18 Å². The molecule has 0 spiro atoms. The van der Waals surface area contributed by atoms with Crippen LogP contribution in [0.5, 0.6) is 0 Å². The zero-order valence-corrected chi connectivity index (χ0v) is 9.08. The number of nitrogen functional groups attached to an aromatic ring is 1. The Morgan fingerprint density at radius 1 is 1.00 bits per heavy atom. The number of rotatable bonds is 1. The molecule has 0 radical (unpaired) electrons. The molecular formula is C12H9F3N2O. The van der Waals surface area contributed by atoms with Gasteiger partial charge in [-0.05, 0) is 29.8 Å². The van der Waals surface area contributed by atoms with Crippen LogP contribution in [0.2, 0.25) is 0 Å². The van der Waals surface area contributed by atoms with E-state index >= 15 is 0 Å². The normalized spacial score (nSPS) is 11.5. The van der Waals surface area contributed by atoms with Crippen LogP contribution >= 0.6 is 0 Å². The van der Waals surface area contributed by atoms with Crippen LogP contribution < -0.4 is 11.3 Å². The maximum atomic E-state index is 12.4. The Bertz CT molecular complexity index is 614. The smallest absolute Gasteiger partial charge is 0.394 e. The van der Waals surface area contributed by atoms with Gasteiger partial charge in [0.15, 0.2) is 0 Å². The second kappa shape index (κ2) is 4.21. The molecule has 6 heteroatoms. The number of aromatic amines is 1. The number of alkyl halides is 3. The van der Waals surface area contributed by atoms with Gasteiger partial charge >= 0.3 is 6.18 Å². The Morgan fingerprint density at radius 3 is 2.11 bits per heavy atom. The molecule has 94 valence electrons. The van der Waals surface area contributed by atoms with Crippen molar-refractivity contribution >= 4 is 5.69 Å². The van der Waals surface area contributed by atoms with E-state index in [1.54, 1.807) is 6.07 Å². The first kappa shape index (κ1) is 12.2. The molecule has 0 atom stereocenters. The predicted molar refractivity (Wildman–Crippen MR) is 61.9 cm³/mol. The Morgan fingerprint density at radius 2 is 1.61 bits per heavy atom. The van der Waals surface area contributed by atoms with Crippen LogP contribution in [0.25, 0.3) is 11.3 Å². The fourth-order valence-corrected chi connectivity index (χ4v) is 1.49. The molecule has 0 aliphatic carbocycles. The minimum Gasteiger partial charge on any atom is -0.394 e. The van der Waals surface area contributed by atoms with Crippen molar-refractivity contribution < 1.29 is 13.2 Å². The number of benzene rings is 1. The number of anilines is 1. The number of hydrogen-bond acceptors (Lipinski definition) is 2. The van der Waals surface area contributed by atoms with E-state index in [-0.39, 0.29) is 5.69 Å². The van der Waals surface area contributed by atoms with E-state index in [1.165, 1.54) is 18.2 Å². The van der Waals surface area contributed by atoms with Gasteiger partial charge in [0.2, 0.25) is 0 Å². The van der Waals surface area contributed by atoms with E-state index in [2.05, 4.69) is 4.98 Å². The summed E-state index contributed by atoms with van der Waals surface area (Å²) >= 11 is 0. The summed E-state index contributed by atoms with van der Waals surface area (Å²) in [5.74, 6) is 0. The van der Waals surface area contributed by atoms with E-state index in [0.29, 0.717) is 11.3 Å². The molecule has 1 heterocycles.